The highest BCUT2D eigenvalue weighted by Gasteiger charge is 2.18. The largest absolute Gasteiger partial charge is 0.494 e. The number of aliphatic hydroxyl groups excluding tert-OH is 1. The lowest BCUT2D eigenvalue weighted by molar-refractivity contribution is 0.102. The molecule has 148 valence electrons. The molecule has 3 rings (SSSR count). The average Bonchev–Trinajstić information content (AvgIpc) is 2.69. The van der Waals surface area contributed by atoms with Gasteiger partial charge in [-0.2, -0.15) is 0 Å². The van der Waals surface area contributed by atoms with Crippen LogP contribution in [0.3, 0.4) is 0 Å². The molecule has 2 aromatic rings. The number of carbonyl (C=O) groups excluding carboxylic acids is 1. The van der Waals surface area contributed by atoms with Gasteiger partial charge in [-0.3, -0.25) is 9.79 Å². The van der Waals surface area contributed by atoms with Crippen molar-refractivity contribution < 1.29 is 14.6 Å². The van der Waals surface area contributed by atoms with Gasteiger partial charge in [0.25, 0.3) is 5.91 Å². The number of benzene rings is 1. The molecule has 0 radical (unpaired) electrons. The maximum atomic E-state index is 12.5. The number of aryl methyl sites for hydroxylation is 1. The van der Waals surface area contributed by atoms with Crippen LogP contribution in [0.5, 0.6) is 5.75 Å². The van der Waals surface area contributed by atoms with Gasteiger partial charge in [0.05, 0.1) is 24.9 Å². The minimum atomic E-state index is -0.323. The lowest BCUT2D eigenvalue weighted by atomic mass is 9.93. The average molecular weight is 382 g/mol. The summed E-state index contributed by atoms with van der Waals surface area (Å²) in [6, 6.07) is 8.88. The Hall–Kier alpha value is -2.93. The number of aliphatic imine (C=N–C) groups is 1. The van der Waals surface area contributed by atoms with E-state index in [9.17, 15) is 9.90 Å². The molecular weight excluding hydrogens is 356 g/mol. The van der Waals surface area contributed by atoms with Gasteiger partial charge in [-0.25, -0.2) is 4.98 Å². The molecule has 0 atom stereocenters. The molecule has 1 aromatic heterocycles. The van der Waals surface area contributed by atoms with E-state index in [0.29, 0.717) is 28.4 Å². The van der Waals surface area contributed by atoms with Gasteiger partial charge in [0.1, 0.15) is 11.4 Å². The van der Waals surface area contributed by atoms with E-state index in [1.807, 2.05) is 13.0 Å². The Kier molecular flexibility index (Phi) is 6.26. The fourth-order valence-corrected chi connectivity index (χ4v) is 3.24. The summed E-state index contributed by atoms with van der Waals surface area (Å²) < 4.78 is 5.36. The summed E-state index contributed by atoms with van der Waals surface area (Å²) in [6.45, 7) is 1.83. The molecule has 0 saturated heterocycles. The zero-order valence-corrected chi connectivity index (χ0v) is 16.2. The van der Waals surface area contributed by atoms with E-state index in [-0.39, 0.29) is 18.1 Å². The quantitative estimate of drug-likeness (QED) is 0.544. The lowest BCUT2D eigenvalue weighted by Crippen LogP contribution is -2.20. The predicted octanol–water partition coefficient (Wildman–Crippen LogP) is 2.96. The number of nitrogens with two attached hydrogens (primary N) is 1. The molecular formula is C21H26N4O3. The van der Waals surface area contributed by atoms with Gasteiger partial charge in [-0.1, -0.05) is 6.07 Å². The first-order valence-corrected chi connectivity index (χ1v) is 9.40. The van der Waals surface area contributed by atoms with Gasteiger partial charge in [0, 0.05) is 29.2 Å². The van der Waals surface area contributed by atoms with Crippen LogP contribution >= 0.6 is 0 Å². The summed E-state index contributed by atoms with van der Waals surface area (Å²) in [5.41, 5.74) is 8.95. The van der Waals surface area contributed by atoms with Crippen molar-refractivity contribution in [3.63, 3.8) is 0 Å². The number of nitrogens with zero attached hydrogens (tertiary/aromatic N) is 2. The Morgan fingerprint density at radius 1 is 1.32 bits per heavy atom. The van der Waals surface area contributed by atoms with Crippen LogP contribution in [0, 0.1) is 6.92 Å². The van der Waals surface area contributed by atoms with Crippen molar-refractivity contribution >= 4 is 23.5 Å². The van der Waals surface area contributed by atoms with Gasteiger partial charge in [0.15, 0.2) is 0 Å². The monoisotopic (exact) mass is 382 g/mol. The van der Waals surface area contributed by atoms with E-state index in [1.54, 1.807) is 30.5 Å². The maximum Gasteiger partial charge on any atom is 0.274 e. The minimum Gasteiger partial charge on any atom is -0.494 e. The normalized spacial score (nSPS) is 19.5. The number of amides is 1. The zero-order valence-electron chi connectivity index (χ0n) is 16.2. The van der Waals surface area contributed by atoms with Gasteiger partial charge in [0.2, 0.25) is 0 Å². The minimum absolute atomic E-state index is 0.180. The van der Waals surface area contributed by atoms with Crippen molar-refractivity contribution in [2.75, 3.05) is 18.2 Å². The Balaban J connectivity index is 1.80. The second-order valence-corrected chi connectivity index (χ2v) is 7.04. The molecule has 4 N–H and O–H groups in total. The maximum absolute atomic E-state index is 12.5. The number of nitrogen functional groups attached to an aromatic ring is 1. The number of hydrogen-bond donors (Lipinski definition) is 3. The molecule has 1 aromatic carbocycles. The molecule has 1 fully saturated rings. The summed E-state index contributed by atoms with van der Waals surface area (Å²) in [6.07, 6.45) is 4.77. The molecule has 0 spiro atoms. The van der Waals surface area contributed by atoms with Crippen molar-refractivity contribution in [2.45, 2.75) is 44.8 Å². The molecule has 1 amide bonds. The van der Waals surface area contributed by atoms with Crippen molar-refractivity contribution in [1.29, 1.82) is 0 Å². The molecule has 0 unspecified atom stereocenters. The number of carbonyl (C=O) groups is 1. The molecule has 7 nitrogen and oxygen atoms in total. The van der Waals surface area contributed by atoms with Crippen LogP contribution in [0.4, 0.5) is 11.4 Å². The van der Waals surface area contributed by atoms with Crippen molar-refractivity contribution in [2.24, 2.45) is 4.99 Å². The molecule has 0 aliphatic heterocycles. The number of anilines is 2. The summed E-state index contributed by atoms with van der Waals surface area (Å²) in [7, 11) is 1.52. The summed E-state index contributed by atoms with van der Waals surface area (Å²) >= 11 is 0. The van der Waals surface area contributed by atoms with Crippen LogP contribution in [-0.4, -0.2) is 41.5 Å². The van der Waals surface area contributed by atoms with Crippen LogP contribution in [0.1, 0.15) is 47.4 Å². The summed E-state index contributed by atoms with van der Waals surface area (Å²) in [5.74, 6) is 0.146. The van der Waals surface area contributed by atoms with Gasteiger partial charge >= 0.3 is 0 Å². The highest BCUT2D eigenvalue weighted by atomic mass is 16.5. The van der Waals surface area contributed by atoms with Gasteiger partial charge in [-0.05, 0) is 50.8 Å². The van der Waals surface area contributed by atoms with E-state index in [2.05, 4.69) is 15.3 Å². The number of methoxy groups -OCH3 is 1. The van der Waals surface area contributed by atoms with Crippen LogP contribution in [0.15, 0.2) is 35.3 Å². The first kappa shape index (κ1) is 19.8. The fourth-order valence-electron chi connectivity index (χ4n) is 3.24. The second-order valence-electron chi connectivity index (χ2n) is 7.04. The van der Waals surface area contributed by atoms with E-state index in [0.717, 1.165) is 31.4 Å². The molecule has 0 bridgehead atoms. The Labute approximate surface area is 164 Å². The van der Waals surface area contributed by atoms with Gasteiger partial charge in [-0.15, -0.1) is 0 Å². The Bertz CT molecular complexity index is 874. The number of nitrogens with one attached hydrogen (secondary N) is 1. The van der Waals surface area contributed by atoms with Gasteiger partial charge < -0.3 is 20.9 Å². The number of hydrogen-bond acceptors (Lipinski definition) is 6. The van der Waals surface area contributed by atoms with E-state index in [1.165, 1.54) is 7.11 Å². The molecule has 28 heavy (non-hydrogen) atoms. The van der Waals surface area contributed by atoms with E-state index < -0.39 is 0 Å². The highest BCUT2D eigenvalue weighted by Crippen LogP contribution is 2.30. The van der Waals surface area contributed by atoms with Crippen molar-refractivity contribution in [3.05, 3.63) is 47.3 Å². The predicted molar refractivity (Wildman–Crippen MR) is 110 cm³/mol. The second kappa shape index (κ2) is 8.84. The van der Waals surface area contributed by atoms with Crippen LogP contribution in [0.25, 0.3) is 0 Å². The SMILES string of the molecule is COc1cc(N)c(C=NC2CCC(O)CC2)cc1NC(=O)c1cccc(C)n1. The zero-order chi connectivity index (χ0) is 20.1. The van der Waals surface area contributed by atoms with Crippen LogP contribution in [-0.2, 0) is 0 Å². The third-order valence-corrected chi connectivity index (χ3v) is 4.86. The standard InChI is InChI=1S/C21H26N4O3/c1-13-4-3-5-18(24-13)21(27)25-19-10-14(17(22)11-20(19)28-2)12-23-15-6-8-16(26)9-7-15/h3-5,10-12,15-16,26H,6-9,22H2,1-2H3,(H,25,27). The van der Waals surface area contributed by atoms with Crippen molar-refractivity contribution in [1.82, 2.24) is 4.98 Å². The first-order valence-electron chi connectivity index (χ1n) is 9.40. The van der Waals surface area contributed by atoms with E-state index in [4.69, 9.17) is 10.5 Å². The molecule has 7 heteroatoms. The number of aliphatic hydroxyl groups is 1. The summed E-state index contributed by atoms with van der Waals surface area (Å²) in [5, 5.41) is 12.5. The lowest BCUT2D eigenvalue weighted by Gasteiger charge is -2.22. The Morgan fingerprint density at radius 2 is 2.07 bits per heavy atom. The first-order chi connectivity index (χ1) is 13.5. The smallest absolute Gasteiger partial charge is 0.274 e. The number of aromatic nitrogens is 1. The number of rotatable bonds is 5. The molecule has 1 aliphatic rings. The summed E-state index contributed by atoms with van der Waals surface area (Å²) in [4.78, 5) is 21.4. The Morgan fingerprint density at radius 3 is 2.75 bits per heavy atom. The number of ether oxygens (including phenoxy) is 1. The van der Waals surface area contributed by atoms with E-state index >= 15 is 0 Å². The van der Waals surface area contributed by atoms with Crippen LogP contribution in [0.2, 0.25) is 0 Å². The molecule has 1 aliphatic carbocycles. The third kappa shape index (κ3) is 4.86. The molecule has 1 saturated carbocycles. The highest BCUT2D eigenvalue weighted by molar-refractivity contribution is 6.04. The molecule has 1 heterocycles. The van der Waals surface area contributed by atoms with Crippen LogP contribution < -0.4 is 15.8 Å². The fraction of sp³-hybridized carbons (Fsp3) is 0.381. The topological polar surface area (TPSA) is 110 Å². The number of pyridine rings is 1. The third-order valence-electron chi connectivity index (χ3n) is 4.86. The van der Waals surface area contributed by atoms with Crippen molar-refractivity contribution in [3.8, 4) is 5.75 Å².